The van der Waals surface area contributed by atoms with Crippen molar-refractivity contribution in [2.24, 2.45) is 11.7 Å². The Labute approximate surface area is 106 Å². The van der Waals surface area contributed by atoms with Crippen LogP contribution in [0.3, 0.4) is 0 Å². The number of nitrogens with zero attached hydrogens (tertiary/aromatic N) is 1. The van der Waals surface area contributed by atoms with E-state index in [1.54, 1.807) is 6.20 Å². The molecule has 0 radical (unpaired) electrons. The molecule has 0 aromatic carbocycles. The minimum absolute atomic E-state index is 0.450. The third-order valence-corrected chi connectivity index (χ3v) is 2.71. The molecule has 0 aliphatic carbocycles. The summed E-state index contributed by atoms with van der Waals surface area (Å²) in [6, 6.07) is 1.95. The lowest BCUT2D eigenvalue weighted by molar-refractivity contribution is 0.284. The Balaban J connectivity index is 2.47. The number of hydrogen-bond acceptors (Lipinski definition) is 3. The second-order valence-electron chi connectivity index (χ2n) is 4.21. The molecule has 1 aromatic rings. The van der Waals surface area contributed by atoms with Crippen LogP contribution < -0.4 is 10.5 Å². The number of pyridine rings is 1. The molecule has 0 aliphatic heterocycles. The molecular weight excluding hydrogens is 268 g/mol. The van der Waals surface area contributed by atoms with Gasteiger partial charge in [0.15, 0.2) is 0 Å². The molecule has 0 bridgehead atoms. The number of nitrogens with two attached hydrogens (primary N) is 1. The van der Waals surface area contributed by atoms with E-state index in [-0.39, 0.29) is 0 Å². The van der Waals surface area contributed by atoms with Gasteiger partial charge in [-0.1, -0.05) is 13.8 Å². The fourth-order valence-corrected chi connectivity index (χ4v) is 1.78. The van der Waals surface area contributed by atoms with Gasteiger partial charge in [-0.05, 0) is 40.8 Å². The van der Waals surface area contributed by atoms with E-state index >= 15 is 0 Å². The molecule has 3 nitrogen and oxygen atoms in total. The topological polar surface area (TPSA) is 48.1 Å². The highest BCUT2D eigenvalue weighted by atomic mass is 79.9. The first-order chi connectivity index (χ1) is 7.63. The molecule has 1 aromatic heterocycles. The molecule has 1 rings (SSSR count). The van der Waals surface area contributed by atoms with Crippen molar-refractivity contribution in [3.8, 4) is 5.88 Å². The summed E-state index contributed by atoms with van der Waals surface area (Å²) < 4.78 is 6.55. The van der Waals surface area contributed by atoms with Crippen LogP contribution in [0.25, 0.3) is 0 Å². The first-order valence-electron chi connectivity index (χ1n) is 5.60. The molecular formula is C12H19BrN2O. The summed E-state index contributed by atoms with van der Waals surface area (Å²) >= 11 is 3.36. The summed E-state index contributed by atoms with van der Waals surface area (Å²) in [5.74, 6) is 1.38. The quantitative estimate of drug-likeness (QED) is 0.818. The van der Waals surface area contributed by atoms with Gasteiger partial charge < -0.3 is 10.5 Å². The summed E-state index contributed by atoms with van der Waals surface area (Å²) in [5, 5.41) is 0. The van der Waals surface area contributed by atoms with Crippen LogP contribution >= 0.6 is 15.9 Å². The van der Waals surface area contributed by atoms with Crippen molar-refractivity contribution in [1.29, 1.82) is 0 Å². The maximum atomic E-state index is 5.63. The molecule has 16 heavy (non-hydrogen) atoms. The fourth-order valence-electron chi connectivity index (χ4n) is 1.41. The second kappa shape index (κ2) is 6.86. The van der Waals surface area contributed by atoms with Crippen molar-refractivity contribution < 1.29 is 4.74 Å². The predicted molar refractivity (Wildman–Crippen MR) is 69.4 cm³/mol. The van der Waals surface area contributed by atoms with E-state index in [4.69, 9.17) is 10.5 Å². The third kappa shape index (κ3) is 4.49. The smallest absolute Gasteiger partial charge is 0.217 e. The summed E-state index contributed by atoms with van der Waals surface area (Å²) in [7, 11) is 0. The zero-order chi connectivity index (χ0) is 12.0. The highest BCUT2D eigenvalue weighted by Crippen LogP contribution is 2.19. The number of rotatable bonds is 6. The molecule has 0 amide bonds. The van der Waals surface area contributed by atoms with Crippen LogP contribution in [-0.2, 0) is 6.54 Å². The summed E-state index contributed by atoms with van der Waals surface area (Å²) in [6.45, 7) is 5.58. The SMILES string of the molecule is CC(C)CCCOc1ncc(Br)cc1CN. The average molecular weight is 287 g/mol. The Bertz CT molecular complexity index is 329. The normalized spacial score (nSPS) is 10.8. The Morgan fingerprint density at radius 2 is 2.25 bits per heavy atom. The number of hydrogen-bond donors (Lipinski definition) is 1. The van der Waals surface area contributed by atoms with Crippen molar-refractivity contribution in [2.75, 3.05) is 6.61 Å². The van der Waals surface area contributed by atoms with E-state index in [0.29, 0.717) is 19.0 Å². The zero-order valence-electron chi connectivity index (χ0n) is 9.87. The summed E-state index contributed by atoms with van der Waals surface area (Å²) in [5.41, 5.74) is 6.57. The van der Waals surface area contributed by atoms with E-state index in [0.717, 1.165) is 22.4 Å². The van der Waals surface area contributed by atoms with E-state index in [9.17, 15) is 0 Å². The lowest BCUT2D eigenvalue weighted by Crippen LogP contribution is -2.06. The number of ether oxygens (including phenoxy) is 1. The van der Waals surface area contributed by atoms with Crippen molar-refractivity contribution in [2.45, 2.75) is 33.2 Å². The minimum atomic E-state index is 0.450. The highest BCUT2D eigenvalue weighted by Gasteiger charge is 2.04. The minimum Gasteiger partial charge on any atom is -0.477 e. The van der Waals surface area contributed by atoms with Crippen LogP contribution in [0.15, 0.2) is 16.7 Å². The largest absolute Gasteiger partial charge is 0.477 e. The molecule has 1 heterocycles. The standard InChI is InChI=1S/C12H19BrN2O/c1-9(2)4-3-5-16-12-10(7-14)6-11(13)8-15-12/h6,8-9H,3-5,7,14H2,1-2H3. The molecule has 0 aliphatic rings. The van der Waals surface area contributed by atoms with Crippen molar-refractivity contribution >= 4 is 15.9 Å². The molecule has 0 atom stereocenters. The fraction of sp³-hybridized carbons (Fsp3) is 0.583. The van der Waals surface area contributed by atoms with E-state index in [2.05, 4.69) is 34.8 Å². The van der Waals surface area contributed by atoms with Crippen LogP contribution in [0.5, 0.6) is 5.88 Å². The molecule has 0 saturated carbocycles. The lowest BCUT2D eigenvalue weighted by atomic mass is 10.1. The molecule has 0 unspecified atom stereocenters. The van der Waals surface area contributed by atoms with Gasteiger partial charge in [-0.3, -0.25) is 0 Å². The van der Waals surface area contributed by atoms with Crippen LogP contribution in [0, 0.1) is 5.92 Å². The van der Waals surface area contributed by atoms with Gasteiger partial charge in [0.05, 0.1) is 6.61 Å². The number of halogens is 1. The van der Waals surface area contributed by atoms with Gasteiger partial charge in [0.25, 0.3) is 0 Å². The van der Waals surface area contributed by atoms with Crippen LogP contribution in [0.2, 0.25) is 0 Å². The molecule has 2 N–H and O–H groups in total. The summed E-state index contributed by atoms with van der Waals surface area (Å²) in [4.78, 5) is 4.22. The van der Waals surface area contributed by atoms with Gasteiger partial charge in [0.1, 0.15) is 0 Å². The van der Waals surface area contributed by atoms with Gasteiger partial charge in [0.2, 0.25) is 5.88 Å². The Morgan fingerprint density at radius 3 is 2.88 bits per heavy atom. The van der Waals surface area contributed by atoms with E-state index in [1.807, 2.05) is 6.07 Å². The summed E-state index contributed by atoms with van der Waals surface area (Å²) in [6.07, 6.45) is 3.96. The number of aromatic nitrogens is 1. The van der Waals surface area contributed by atoms with E-state index < -0.39 is 0 Å². The van der Waals surface area contributed by atoms with Gasteiger partial charge >= 0.3 is 0 Å². The zero-order valence-corrected chi connectivity index (χ0v) is 11.5. The Kier molecular flexibility index (Phi) is 5.77. The van der Waals surface area contributed by atoms with Crippen LogP contribution in [0.1, 0.15) is 32.3 Å². The first kappa shape index (κ1) is 13.5. The van der Waals surface area contributed by atoms with Gasteiger partial charge in [-0.25, -0.2) is 4.98 Å². The maximum Gasteiger partial charge on any atom is 0.217 e. The van der Waals surface area contributed by atoms with Gasteiger partial charge in [0, 0.05) is 22.8 Å². The highest BCUT2D eigenvalue weighted by molar-refractivity contribution is 9.10. The molecule has 0 spiro atoms. The molecule has 0 fully saturated rings. The molecule has 90 valence electrons. The predicted octanol–water partition coefficient (Wildman–Crippen LogP) is 3.12. The van der Waals surface area contributed by atoms with Crippen LogP contribution in [-0.4, -0.2) is 11.6 Å². The first-order valence-corrected chi connectivity index (χ1v) is 6.40. The van der Waals surface area contributed by atoms with E-state index in [1.165, 1.54) is 6.42 Å². The lowest BCUT2D eigenvalue weighted by Gasteiger charge is -2.10. The molecule has 4 heteroatoms. The van der Waals surface area contributed by atoms with Crippen molar-refractivity contribution in [3.05, 3.63) is 22.3 Å². The Hall–Kier alpha value is -0.610. The van der Waals surface area contributed by atoms with Gasteiger partial charge in [-0.15, -0.1) is 0 Å². The van der Waals surface area contributed by atoms with Crippen molar-refractivity contribution in [3.63, 3.8) is 0 Å². The van der Waals surface area contributed by atoms with Gasteiger partial charge in [-0.2, -0.15) is 0 Å². The molecule has 0 saturated heterocycles. The monoisotopic (exact) mass is 286 g/mol. The maximum absolute atomic E-state index is 5.63. The van der Waals surface area contributed by atoms with Crippen molar-refractivity contribution in [1.82, 2.24) is 4.98 Å². The van der Waals surface area contributed by atoms with Crippen LogP contribution in [0.4, 0.5) is 0 Å². The second-order valence-corrected chi connectivity index (χ2v) is 5.12. The average Bonchev–Trinajstić information content (AvgIpc) is 2.25. The Morgan fingerprint density at radius 1 is 1.50 bits per heavy atom. The third-order valence-electron chi connectivity index (χ3n) is 2.28.